The van der Waals surface area contributed by atoms with Crippen LogP contribution in [0, 0.1) is 33.2 Å². The van der Waals surface area contributed by atoms with E-state index in [0.29, 0.717) is 37.3 Å². The molecule has 0 aliphatic carbocycles. The number of nitriles is 1. The number of nitro groups is 1. The van der Waals surface area contributed by atoms with E-state index in [1.807, 2.05) is 18.2 Å². The summed E-state index contributed by atoms with van der Waals surface area (Å²) < 4.78 is 13.3. The zero-order chi connectivity index (χ0) is 24.5. The Morgan fingerprint density at radius 3 is 2.60 bits per heavy atom. The maximum absolute atomic E-state index is 13.5. The lowest BCUT2D eigenvalue weighted by Crippen LogP contribution is -2.60. The molecule has 9 heteroatoms. The predicted octanol–water partition coefficient (Wildman–Crippen LogP) is 4.11. The molecule has 0 radical (unpaired) electrons. The summed E-state index contributed by atoms with van der Waals surface area (Å²) in [6.45, 7) is 1.74. The number of carbonyl (C=O) groups is 1. The standard InChI is InChI=1S/C26H22FN5O3/c27-19-5-7-20(8-6-19)29-26(33)22-14-18-13-21(32(34)35)9-10-24(18)31-12-11-30(16-25(22)31)23-4-2-1-3-17(23)15-28/h1-10,13,22,25H,11-12,14,16H2,(H,29,33)/t22-,25-/m0/s1. The molecule has 35 heavy (non-hydrogen) atoms. The Morgan fingerprint density at radius 1 is 1.09 bits per heavy atom. The molecule has 0 spiro atoms. The van der Waals surface area contributed by atoms with Crippen molar-refractivity contribution >= 4 is 28.7 Å². The zero-order valence-electron chi connectivity index (χ0n) is 18.7. The van der Waals surface area contributed by atoms with Gasteiger partial charge in [0.15, 0.2) is 0 Å². The molecule has 0 aromatic heterocycles. The number of nitrogens with zero attached hydrogens (tertiary/aromatic N) is 4. The monoisotopic (exact) mass is 471 g/mol. The Labute approximate surface area is 201 Å². The Kier molecular flexibility index (Phi) is 5.79. The number of benzene rings is 3. The van der Waals surface area contributed by atoms with Crippen LogP contribution in [0.4, 0.5) is 27.1 Å². The Balaban J connectivity index is 1.50. The van der Waals surface area contributed by atoms with Crippen molar-refractivity contribution < 1.29 is 14.1 Å². The van der Waals surface area contributed by atoms with Crippen LogP contribution >= 0.6 is 0 Å². The third-order valence-electron chi connectivity index (χ3n) is 6.72. The van der Waals surface area contributed by atoms with Gasteiger partial charge in [0.25, 0.3) is 5.69 Å². The number of nitrogens with one attached hydrogen (secondary N) is 1. The van der Waals surface area contributed by atoms with Gasteiger partial charge >= 0.3 is 0 Å². The fourth-order valence-electron chi connectivity index (χ4n) is 5.05. The highest BCUT2D eigenvalue weighted by Crippen LogP contribution is 2.39. The molecule has 1 fully saturated rings. The topological polar surface area (TPSA) is 103 Å². The van der Waals surface area contributed by atoms with Crippen molar-refractivity contribution in [1.29, 1.82) is 5.26 Å². The number of nitro benzene ring substituents is 1. The van der Waals surface area contributed by atoms with Crippen molar-refractivity contribution in [3.8, 4) is 6.07 Å². The van der Waals surface area contributed by atoms with Crippen molar-refractivity contribution in [3.05, 3.63) is 93.8 Å². The van der Waals surface area contributed by atoms with Gasteiger partial charge in [-0.25, -0.2) is 4.39 Å². The zero-order valence-corrected chi connectivity index (χ0v) is 18.7. The van der Waals surface area contributed by atoms with Crippen LogP contribution in [-0.4, -0.2) is 36.5 Å². The van der Waals surface area contributed by atoms with Crippen LogP contribution in [0.25, 0.3) is 0 Å². The number of amides is 1. The Hall–Kier alpha value is -4.45. The minimum absolute atomic E-state index is 0.0125. The van der Waals surface area contributed by atoms with E-state index in [4.69, 9.17) is 0 Å². The van der Waals surface area contributed by atoms with Gasteiger partial charge in [-0.05, 0) is 54.4 Å². The summed E-state index contributed by atoms with van der Waals surface area (Å²) in [6.07, 6.45) is 0.332. The molecule has 8 nitrogen and oxygen atoms in total. The van der Waals surface area contributed by atoms with Gasteiger partial charge < -0.3 is 15.1 Å². The van der Waals surface area contributed by atoms with Gasteiger partial charge in [-0.2, -0.15) is 5.26 Å². The van der Waals surface area contributed by atoms with E-state index in [-0.39, 0.29) is 17.6 Å². The van der Waals surface area contributed by atoms with Gasteiger partial charge in [-0.15, -0.1) is 0 Å². The van der Waals surface area contributed by atoms with Gasteiger partial charge in [0, 0.05) is 43.1 Å². The van der Waals surface area contributed by atoms with Gasteiger partial charge in [0.05, 0.1) is 28.1 Å². The maximum Gasteiger partial charge on any atom is 0.269 e. The second-order valence-electron chi connectivity index (χ2n) is 8.71. The van der Waals surface area contributed by atoms with E-state index in [2.05, 4.69) is 21.2 Å². The van der Waals surface area contributed by atoms with Gasteiger partial charge in [-0.3, -0.25) is 14.9 Å². The molecular weight excluding hydrogens is 449 g/mol. The van der Waals surface area contributed by atoms with E-state index >= 15 is 0 Å². The van der Waals surface area contributed by atoms with E-state index in [9.17, 15) is 24.6 Å². The molecule has 1 saturated heterocycles. The summed E-state index contributed by atoms with van der Waals surface area (Å²) in [6, 6.07) is 19.8. The molecule has 176 valence electrons. The molecule has 2 aliphatic heterocycles. The third kappa shape index (κ3) is 4.26. The summed E-state index contributed by atoms with van der Waals surface area (Å²) in [7, 11) is 0. The fourth-order valence-corrected chi connectivity index (χ4v) is 5.05. The number of carbonyl (C=O) groups excluding carboxylic acids is 1. The summed E-state index contributed by atoms with van der Waals surface area (Å²) in [4.78, 5) is 28.7. The molecule has 1 amide bonds. The normalized spacial score (nSPS) is 18.7. The Bertz CT molecular complexity index is 1340. The minimum atomic E-state index is -0.508. The van der Waals surface area contributed by atoms with E-state index < -0.39 is 16.7 Å². The molecule has 2 atom stereocenters. The predicted molar refractivity (Wildman–Crippen MR) is 130 cm³/mol. The van der Waals surface area contributed by atoms with Crippen LogP contribution in [0.15, 0.2) is 66.7 Å². The maximum atomic E-state index is 13.5. The average Bonchev–Trinajstić information content (AvgIpc) is 2.88. The molecule has 2 heterocycles. The number of fused-ring (bicyclic) bond motifs is 3. The molecule has 5 rings (SSSR count). The number of para-hydroxylation sites is 1. The number of piperazine rings is 1. The third-order valence-corrected chi connectivity index (χ3v) is 6.72. The summed E-state index contributed by atoms with van der Waals surface area (Å²) in [5.74, 6) is -1.14. The number of halogens is 1. The quantitative estimate of drug-likeness (QED) is 0.454. The molecule has 0 saturated carbocycles. The smallest absolute Gasteiger partial charge is 0.269 e. The number of rotatable bonds is 4. The number of non-ortho nitro benzene ring substituents is 1. The van der Waals surface area contributed by atoms with Crippen molar-refractivity contribution in [1.82, 2.24) is 0 Å². The highest BCUT2D eigenvalue weighted by atomic mass is 19.1. The summed E-state index contributed by atoms with van der Waals surface area (Å²) in [5, 5.41) is 23.8. The first-order chi connectivity index (χ1) is 16.9. The molecule has 0 bridgehead atoms. The lowest BCUT2D eigenvalue weighted by Gasteiger charge is -2.49. The summed E-state index contributed by atoms with van der Waals surface area (Å²) >= 11 is 0. The van der Waals surface area contributed by atoms with E-state index in [1.165, 1.54) is 30.3 Å². The highest BCUT2D eigenvalue weighted by Gasteiger charge is 2.42. The van der Waals surface area contributed by atoms with E-state index in [1.54, 1.807) is 18.2 Å². The SMILES string of the molecule is N#Cc1ccccc1N1CCN2c3ccc([N+](=O)[O-])cc3C[C@H](C(=O)Nc3ccc(F)cc3)[C@@H]2C1. The van der Waals surface area contributed by atoms with Crippen LogP contribution in [0.2, 0.25) is 0 Å². The Morgan fingerprint density at radius 2 is 1.86 bits per heavy atom. The van der Waals surface area contributed by atoms with Crippen molar-refractivity contribution in [2.24, 2.45) is 5.92 Å². The highest BCUT2D eigenvalue weighted by molar-refractivity contribution is 5.94. The average molecular weight is 471 g/mol. The molecule has 3 aromatic carbocycles. The van der Waals surface area contributed by atoms with E-state index in [0.717, 1.165) is 16.9 Å². The number of hydrogen-bond acceptors (Lipinski definition) is 6. The van der Waals surface area contributed by atoms with Crippen molar-refractivity contribution in [2.45, 2.75) is 12.5 Å². The van der Waals surface area contributed by atoms with Crippen molar-refractivity contribution in [2.75, 3.05) is 34.8 Å². The largest absolute Gasteiger partial charge is 0.367 e. The number of anilines is 3. The molecule has 2 aliphatic rings. The lowest BCUT2D eigenvalue weighted by molar-refractivity contribution is -0.384. The van der Waals surface area contributed by atoms with Crippen molar-refractivity contribution in [3.63, 3.8) is 0 Å². The molecular formula is C26H22FN5O3. The second-order valence-corrected chi connectivity index (χ2v) is 8.71. The first kappa shape index (κ1) is 22.3. The first-order valence-electron chi connectivity index (χ1n) is 11.3. The van der Waals surface area contributed by atoms with Gasteiger partial charge in [0.1, 0.15) is 11.9 Å². The van der Waals surface area contributed by atoms with Crippen LogP contribution < -0.4 is 15.1 Å². The van der Waals surface area contributed by atoms with Gasteiger partial charge in [-0.1, -0.05) is 12.1 Å². The van der Waals surface area contributed by atoms with Crippen LogP contribution in [0.1, 0.15) is 11.1 Å². The van der Waals surface area contributed by atoms with Crippen LogP contribution in [0.3, 0.4) is 0 Å². The lowest BCUT2D eigenvalue weighted by atomic mass is 9.83. The molecule has 0 unspecified atom stereocenters. The van der Waals surface area contributed by atoms with Crippen LogP contribution in [-0.2, 0) is 11.2 Å². The molecule has 3 aromatic rings. The minimum Gasteiger partial charge on any atom is -0.367 e. The van der Waals surface area contributed by atoms with Gasteiger partial charge in [0.2, 0.25) is 5.91 Å². The summed E-state index contributed by atoms with van der Waals surface area (Å²) in [5.41, 5.74) is 3.50. The number of hydrogen-bond donors (Lipinski definition) is 1. The molecule has 1 N–H and O–H groups in total. The first-order valence-corrected chi connectivity index (χ1v) is 11.3. The fraction of sp³-hybridized carbons (Fsp3) is 0.231. The second kappa shape index (κ2) is 9.06. The van der Waals surface area contributed by atoms with Crippen LogP contribution in [0.5, 0.6) is 0 Å².